The molecule has 1 N–H and O–H groups in total. The van der Waals surface area contributed by atoms with E-state index in [1.54, 1.807) is 0 Å². The highest BCUT2D eigenvalue weighted by Crippen LogP contribution is 2.24. The summed E-state index contributed by atoms with van der Waals surface area (Å²) in [5.74, 6) is 0.934. The zero-order chi connectivity index (χ0) is 13.5. The first kappa shape index (κ1) is 15.1. The van der Waals surface area contributed by atoms with Gasteiger partial charge in [-0.05, 0) is 19.8 Å². The molecule has 3 atom stereocenters. The van der Waals surface area contributed by atoms with Crippen molar-refractivity contribution in [3.63, 3.8) is 0 Å². The summed E-state index contributed by atoms with van der Waals surface area (Å²) >= 11 is 0. The molecule has 1 aromatic rings. The van der Waals surface area contributed by atoms with E-state index in [1.165, 1.54) is 0 Å². The van der Waals surface area contributed by atoms with Gasteiger partial charge in [0.25, 0.3) is 0 Å². The first-order valence-electron chi connectivity index (χ1n) is 6.77. The lowest BCUT2D eigenvalue weighted by atomic mass is 10.0. The van der Waals surface area contributed by atoms with Crippen molar-refractivity contribution in [2.75, 3.05) is 6.61 Å². The molecule has 0 bridgehead atoms. The van der Waals surface area contributed by atoms with Crippen LogP contribution in [0.25, 0.3) is 0 Å². The van der Waals surface area contributed by atoms with Crippen LogP contribution in [0.3, 0.4) is 0 Å². The van der Waals surface area contributed by atoms with Crippen LogP contribution >= 0.6 is 0 Å². The van der Waals surface area contributed by atoms with E-state index in [2.05, 4.69) is 17.1 Å². The molecule has 1 aromatic heterocycles. The summed E-state index contributed by atoms with van der Waals surface area (Å²) in [6.45, 7) is 8.49. The molecule has 0 aliphatic rings. The molecule has 0 aliphatic heterocycles. The third-order valence-electron chi connectivity index (χ3n) is 3.05. The van der Waals surface area contributed by atoms with Gasteiger partial charge in [-0.15, -0.1) is 0 Å². The molecule has 0 fully saturated rings. The molecule has 104 valence electrons. The number of ether oxygens (including phenoxy) is 1. The summed E-state index contributed by atoms with van der Waals surface area (Å²) in [5.41, 5.74) is 0. The third kappa shape index (κ3) is 3.78. The first-order chi connectivity index (χ1) is 8.63. The molecule has 0 saturated carbocycles. The highest BCUT2D eigenvalue weighted by atomic mass is 16.5. The van der Waals surface area contributed by atoms with E-state index < -0.39 is 6.10 Å². The lowest BCUT2D eigenvalue weighted by molar-refractivity contribution is 0.0477. The van der Waals surface area contributed by atoms with Crippen molar-refractivity contribution in [1.82, 2.24) is 10.1 Å². The number of aliphatic hydroxyl groups excluding tert-OH is 1. The Morgan fingerprint density at radius 3 is 2.61 bits per heavy atom. The zero-order valence-corrected chi connectivity index (χ0v) is 11.7. The Bertz CT molecular complexity index is 335. The average molecular weight is 256 g/mol. The third-order valence-corrected chi connectivity index (χ3v) is 3.05. The minimum absolute atomic E-state index is 0.108. The summed E-state index contributed by atoms with van der Waals surface area (Å²) in [5, 5.41) is 13.7. The first-order valence-corrected chi connectivity index (χ1v) is 6.77. The van der Waals surface area contributed by atoms with Crippen LogP contribution in [-0.2, 0) is 4.74 Å². The molecular weight excluding hydrogens is 232 g/mol. The van der Waals surface area contributed by atoms with Gasteiger partial charge in [-0.1, -0.05) is 32.3 Å². The van der Waals surface area contributed by atoms with E-state index in [-0.39, 0.29) is 12.0 Å². The Morgan fingerprint density at radius 2 is 2.06 bits per heavy atom. The number of rotatable bonds is 8. The number of aliphatic hydroxyl groups is 1. The second kappa shape index (κ2) is 7.48. The van der Waals surface area contributed by atoms with Crippen LogP contribution in [0.5, 0.6) is 0 Å². The molecule has 5 heteroatoms. The Balaban J connectivity index is 2.76. The summed E-state index contributed by atoms with van der Waals surface area (Å²) in [4.78, 5) is 4.35. The lowest BCUT2D eigenvalue weighted by Crippen LogP contribution is -2.15. The quantitative estimate of drug-likeness (QED) is 0.774. The molecule has 0 aliphatic carbocycles. The Kier molecular flexibility index (Phi) is 6.29. The van der Waals surface area contributed by atoms with E-state index in [0.29, 0.717) is 24.7 Å². The molecular formula is C13H24N2O3. The molecule has 5 nitrogen and oxygen atoms in total. The second-order valence-corrected chi connectivity index (χ2v) is 4.49. The second-order valence-electron chi connectivity index (χ2n) is 4.49. The van der Waals surface area contributed by atoms with E-state index in [9.17, 15) is 5.11 Å². The largest absolute Gasteiger partial charge is 0.392 e. The van der Waals surface area contributed by atoms with Crippen LogP contribution in [0, 0.1) is 0 Å². The topological polar surface area (TPSA) is 68.4 Å². The van der Waals surface area contributed by atoms with Crippen LogP contribution in [0.4, 0.5) is 0 Å². The molecule has 0 radical (unpaired) electrons. The van der Waals surface area contributed by atoms with E-state index >= 15 is 0 Å². The van der Waals surface area contributed by atoms with Crippen LogP contribution in [-0.4, -0.2) is 28.0 Å². The maximum atomic E-state index is 9.78. The molecule has 0 amide bonds. The summed E-state index contributed by atoms with van der Waals surface area (Å²) in [6.07, 6.45) is 1.99. The van der Waals surface area contributed by atoms with Crippen LogP contribution in [0.15, 0.2) is 4.52 Å². The van der Waals surface area contributed by atoms with Crippen molar-refractivity contribution < 1.29 is 14.4 Å². The van der Waals surface area contributed by atoms with Gasteiger partial charge in [0.15, 0.2) is 0 Å². The molecule has 1 rings (SSSR count). The fraction of sp³-hybridized carbons (Fsp3) is 0.846. The van der Waals surface area contributed by atoms with Crippen LogP contribution < -0.4 is 0 Å². The minimum Gasteiger partial charge on any atom is -0.392 e. The van der Waals surface area contributed by atoms with Gasteiger partial charge in [-0.25, -0.2) is 0 Å². The normalized spacial score (nSPS) is 16.5. The number of hydrogen-bond acceptors (Lipinski definition) is 5. The minimum atomic E-state index is -0.449. The van der Waals surface area contributed by atoms with Crippen molar-refractivity contribution in [3.05, 3.63) is 11.7 Å². The highest BCUT2D eigenvalue weighted by molar-refractivity contribution is 4.97. The van der Waals surface area contributed by atoms with Gasteiger partial charge in [-0.2, -0.15) is 4.98 Å². The molecule has 0 spiro atoms. The van der Waals surface area contributed by atoms with Gasteiger partial charge < -0.3 is 14.4 Å². The van der Waals surface area contributed by atoms with Crippen molar-refractivity contribution in [2.24, 2.45) is 0 Å². The smallest absolute Gasteiger partial charge is 0.232 e. The maximum absolute atomic E-state index is 9.78. The zero-order valence-electron chi connectivity index (χ0n) is 11.7. The van der Waals surface area contributed by atoms with Crippen molar-refractivity contribution in [1.29, 1.82) is 0 Å². The van der Waals surface area contributed by atoms with Crippen LogP contribution in [0.1, 0.15) is 70.7 Å². The highest BCUT2D eigenvalue weighted by Gasteiger charge is 2.24. The molecule has 3 unspecified atom stereocenters. The van der Waals surface area contributed by atoms with E-state index in [4.69, 9.17) is 9.26 Å². The lowest BCUT2D eigenvalue weighted by Gasteiger charge is -2.13. The number of nitrogens with zero attached hydrogens (tertiary/aromatic N) is 2. The Hall–Kier alpha value is -0.940. The maximum Gasteiger partial charge on any atom is 0.232 e. The summed E-state index contributed by atoms with van der Waals surface area (Å²) in [6, 6.07) is 0. The Morgan fingerprint density at radius 1 is 1.33 bits per heavy atom. The standard InChI is InChI=1S/C13H24N2O3/c1-5-8-11(17-7-3)12-14-13(18-15-12)9(4)10(16)6-2/h9-11,16H,5-8H2,1-4H3. The van der Waals surface area contributed by atoms with E-state index in [0.717, 1.165) is 12.8 Å². The van der Waals surface area contributed by atoms with Crippen LogP contribution in [0.2, 0.25) is 0 Å². The predicted molar refractivity (Wildman–Crippen MR) is 68.3 cm³/mol. The monoisotopic (exact) mass is 256 g/mol. The van der Waals surface area contributed by atoms with Gasteiger partial charge in [-0.3, -0.25) is 0 Å². The number of aromatic nitrogens is 2. The SMILES string of the molecule is CCCC(OCC)c1noc(C(C)C(O)CC)n1. The molecule has 0 saturated heterocycles. The molecule has 18 heavy (non-hydrogen) atoms. The van der Waals surface area contributed by atoms with Gasteiger partial charge in [0.2, 0.25) is 11.7 Å². The van der Waals surface area contributed by atoms with Gasteiger partial charge in [0.1, 0.15) is 6.10 Å². The van der Waals surface area contributed by atoms with E-state index in [1.807, 2.05) is 20.8 Å². The van der Waals surface area contributed by atoms with Gasteiger partial charge >= 0.3 is 0 Å². The molecule has 0 aromatic carbocycles. The van der Waals surface area contributed by atoms with Crippen molar-refractivity contribution in [3.8, 4) is 0 Å². The predicted octanol–water partition coefficient (Wildman–Crippen LogP) is 2.82. The fourth-order valence-corrected chi connectivity index (χ4v) is 1.83. The van der Waals surface area contributed by atoms with Gasteiger partial charge in [0, 0.05) is 6.61 Å². The number of hydrogen-bond donors (Lipinski definition) is 1. The van der Waals surface area contributed by atoms with Crippen molar-refractivity contribution >= 4 is 0 Å². The Labute approximate surface area is 109 Å². The van der Waals surface area contributed by atoms with Crippen molar-refractivity contribution in [2.45, 2.75) is 65.1 Å². The fourth-order valence-electron chi connectivity index (χ4n) is 1.83. The average Bonchev–Trinajstić information content (AvgIpc) is 2.86. The molecule has 1 heterocycles. The van der Waals surface area contributed by atoms with Gasteiger partial charge in [0.05, 0.1) is 12.0 Å². The summed E-state index contributed by atoms with van der Waals surface area (Å²) in [7, 11) is 0. The summed E-state index contributed by atoms with van der Waals surface area (Å²) < 4.78 is 10.8.